The molecule has 2 N–H and O–H groups in total. The Morgan fingerprint density at radius 2 is 1.73 bits per heavy atom. The fourth-order valence-electron chi connectivity index (χ4n) is 3.49. The van der Waals surface area contributed by atoms with E-state index in [4.69, 9.17) is 0 Å². The standard InChI is InChI=1S/C16H19N5O5/c1-3-19-13-11(14(22)20(4-2)16(19)24)12(17-15(23)18-13)9-5-7-10(8-6-9)21(25)26/h5-8,11-13H,3-4H2,1-2H3,(H2,17,18,23). The van der Waals surface area contributed by atoms with E-state index in [9.17, 15) is 24.5 Å². The highest BCUT2D eigenvalue weighted by Gasteiger charge is 2.52. The lowest BCUT2D eigenvalue weighted by Gasteiger charge is -2.49. The molecule has 3 atom stereocenters. The van der Waals surface area contributed by atoms with Gasteiger partial charge < -0.3 is 15.5 Å². The normalized spacial score (nSPS) is 25.5. The Kier molecular flexibility index (Phi) is 4.49. The first-order chi connectivity index (χ1) is 12.4. The quantitative estimate of drug-likeness (QED) is 0.616. The second-order valence-electron chi connectivity index (χ2n) is 6.07. The second kappa shape index (κ2) is 6.62. The number of amides is 5. The third kappa shape index (κ3) is 2.72. The van der Waals surface area contributed by atoms with Crippen LogP contribution in [0.1, 0.15) is 25.5 Å². The van der Waals surface area contributed by atoms with Crippen LogP contribution >= 0.6 is 0 Å². The van der Waals surface area contributed by atoms with Crippen molar-refractivity contribution in [1.29, 1.82) is 0 Å². The Labute approximate surface area is 149 Å². The van der Waals surface area contributed by atoms with Gasteiger partial charge in [0.05, 0.1) is 11.0 Å². The van der Waals surface area contributed by atoms with Crippen molar-refractivity contribution in [2.45, 2.75) is 26.1 Å². The third-order valence-corrected chi connectivity index (χ3v) is 4.75. The number of nitro benzene ring substituents is 1. The number of carbonyl (C=O) groups is 3. The fourth-order valence-corrected chi connectivity index (χ4v) is 3.49. The molecule has 10 heteroatoms. The molecule has 5 amide bonds. The van der Waals surface area contributed by atoms with Crippen molar-refractivity contribution in [3.8, 4) is 0 Å². The number of hydrogen-bond donors (Lipinski definition) is 2. The van der Waals surface area contributed by atoms with Gasteiger partial charge in [0.1, 0.15) is 12.1 Å². The van der Waals surface area contributed by atoms with Gasteiger partial charge in [0, 0.05) is 25.2 Å². The number of imide groups is 1. The first-order valence-electron chi connectivity index (χ1n) is 8.32. The van der Waals surface area contributed by atoms with Crippen LogP contribution in [0.3, 0.4) is 0 Å². The molecule has 2 heterocycles. The van der Waals surface area contributed by atoms with Gasteiger partial charge in [0.2, 0.25) is 5.91 Å². The van der Waals surface area contributed by atoms with Crippen molar-refractivity contribution >= 4 is 23.7 Å². The smallest absolute Gasteiger partial charge is 0.328 e. The number of benzene rings is 1. The summed E-state index contributed by atoms with van der Waals surface area (Å²) in [6.45, 7) is 4.03. The predicted octanol–water partition coefficient (Wildman–Crippen LogP) is 1.20. The molecule has 10 nitrogen and oxygen atoms in total. The maximum absolute atomic E-state index is 12.9. The Balaban J connectivity index is 2.02. The van der Waals surface area contributed by atoms with Crippen LogP contribution in [0, 0.1) is 16.0 Å². The van der Waals surface area contributed by atoms with Gasteiger partial charge in [0.25, 0.3) is 5.69 Å². The fraction of sp³-hybridized carbons (Fsp3) is 0.438. The van der Waals surface area contributed by atoms with Crippen LogP contribution in [0.4, 0.5) is 15.3 Å². The van der Waals surface area contributed by atoms with Crippen LogP contribution in [-0.2, 0) is 4.79 Å². The van der Waals surface area contributed by atoms with Gasteiger partial charge >= 0.3 is 12.1 Å². The Morgan fingerprint density at radius 3 is 2.27 bits per heavy atom. The van der Waals surface area contributed by atoms with Gasteiger partial charge in [-0.05, 0) is 19.4 Å². The van der Waals surface area contributed by atoms with Gasteiger partial charge in [0.15, 0.2) is 0 Å². The average molecular weight is 361 g/mol. The van der Waals surface area contributed by atoms with Crippen LogP contribution in [0.5, 0.6) is 0 Å². The lowest BCUT2D eigenvalue weighted by molar-refractivity contribution is -0.384. The topological polar surface area (TPSA) is 125 Å². The summed E-state index contributed by atoms with van der Waals surface area (Å²) in [7, 11) is 0. The summed E-state index contributed by atoms with van der Waals surface area (Å²) in [6, 6.07) is 4.05. The largest absolute Gasteiger partial charge is 0.330 e. The summed E-state index contributed by atoms with van der Waals surface area (Å²) in [5, 5.41) is 16.2. The zero-order valence-corrected chi connectivity index (χ0v) is 14.3. The van der Waals surface area contributed by atoms with E-state index in [2.05, 4.69) is 10.6 Å². The molecule has 1 aromatic carbocycles. The van der Waals surface area contributed by atoms with Gasteiger partial charge in [-0.15, -0.1) is 0 Å². The summed E-state index contributed by atoms with van der Waals surface area (Å²) in [5.74, 6) is -1.12. The highest BCUT2D eigenvalue weighted by molar-refractivity contribution is 6.00. The van der Waals surface area contributed by atoms with E-state index < -0.39 is 35.1 Å². The van der Waals surface area contributed by atoms with E-state index in [1.54, 1.807) is 13.8 Å². The number of urea groups is 2. The first-order valence-corrected chi connectivity index (χ1v) is 8.32. The highest BCUT2D eigenvalue weighted by Crippen LogP contribution is 2.35. The van der Waals surface area contributed by atoms with Gasteiger partial charge in [-0.2, -0.15) is 0 Å². The van der Waals surface area contributed by atoms with E-state index in [0.717, 1.165) is 4.90 Å². The van der Waals surface area contributed by atoms with Gasteiger partial charge in [-0.1, -0.05) is 12.1 Å². The molecule has 2 saturated heterocycles. The molecule has 26 heavy (non-hydrogen) atoms. The maximum atomic E-state index is 12.9. The molecular formula is C16H19N5O5. The number of carbonyl (C=O) groups excluding carboxylic acids is 3. The molecule has 3 rings (SSSR count). The number of non-ortho nitro benzene ring substituents is 1. The lowest BCUT2D eigenvalue weighted by atomic mass is 9.85. The minimum absolute atomic E-state index is 0.0823. The first kappa shape index (κ1) is 17.6. The molecule has 0 saturated carbocycles. The predicted molar refractivity (Wildman–Crippen MR) is 89.9 cm³/mol. The monoisotopic (exact) mass is 361 g/mol. The van der Waals surface area contributed by atoms with Crippen molar-refractivity contribution in [3.05, 3.63) is 39.9 Å². The average Bonchev–Trinajstić information content (AvgIpc) is 2.61. The van der Waals surface area contributed by atoms with Crippen LogP contribution in [0.25, 0.3) is 0 Å². The third-order valence-electron chi connectivity index (χ3n) is 4.75. The number of nitrogens with one attached hydrogen (secondary N) is 2. The highest BCUT2D eigenvalue weighted by atomic mass is 16.6. The van der Waals surface area contributed by atoms with E-state index in [0.29, 0.717) is 12.1 Å². The maximum Gasteiger partial charge on any atom is 0.328 e. The molecule has 0 aromatic heterocycles. The van der Waals surface area contributed by atoms with Crippen molar-refractivity contribution < 1.29 is 19.3 Å². The molecule has 2 aliphatic heterocycles. The van der Waals surface area contributed by atoms with Crippen LogP contribution < -0.4 is 10.6 Å². The molecule has 0 aliphatic carbocycles. The van der Waals surface area contributed by atoms with Crippen LogP contribution in [0.15, 0.2) is 24.3 Å². The molecule has 2 aliphatic rings. The summed E-state index contributed by atoms with van der Waals surface area (Å²) < 4.78 is 0. The van der Waals surface area contributed by atoms with Crippen molar-refractivity contribution in [3.63, 3.8) is 0 Å². The molecule has 138 valence electrons. The zero-order valence-electron chi connectivity index (χ0n) is 14.3. The summed E-state index contributed by atoms with van der Waals surface area (Å²) in [6.07, 6.45) is -0.767. The number of nitrogens with zero attached hydrogens (tertiary/aromatic N) is 3. The van der Waals surface area contributed by atoms with Crippen molar-refractivity contribution in [1.82, 2.24) is 20.4 Å². The number of hydrogen-bond acceptors (Lipinski definition) is 5. The SMILES string of the molecule is CCN1C(=O)C2C(c3ccc([N+](=O)[O-])cc3)NC(=O)NC2N(CC)C1=O. The Bertz CT molecular complexity index is 765. The Morgan fingerprint density at radius 1 is 1.08 bits per heavy atom. The molecule has 3 unspecified atom stereocenters. The van der Waals surface area contributed by atoms with Crippen LogP contribution in [0.2, 0.25) is 0 Å². The van der Waals surface area contributed by atoms with Gasteiger partial charge in [-0.25, -0.2) is 9.59 Å². The number of rotatable bonds is 4. The molecule has 2 fully saturated rings. The second-order valence-corrected chi connectivity index (χ2v) is 6.07. The zero-order chi connectivity index (χ0) is 19.0. The molecule has 1 aromatic rings. The molecular weight excluding hydrogens is 342 g/mol. The van der Waals surface area contributed by atoms with Crippen molar-refractivity contribution in [2.75, 3.05) is 13.1 Å². The minimum atomic E-state index is -0.767. The number of fused-ring (bicyclic) bond motifs is 1. The molecule has 0 bridgehead atoms. The summed E-state index contributed by atoms with van der Waals surface area (Å²) in [4.78, 5) is 50.5. The van der Waals surface area contributed by atoms with E-state index in [1.807, 2.05) is 0 Å². The van der Waals surface area contributed by atoms with E-state index >= 15 is 0 Å². The summed E-state index contributed by atoms with van der Waals surface area (Å²) >= 11 is 0. The lowest BCUT2D eigenvalue weighted by Crippen LogP contribution is -2.72. The van der Waals surface area contributed by atoms with E-state index in [-0.39, 0.29) is 18.1 Å². The van der Waals surface area contributed by atoms with Gasteiger partial charge in [-0.3, -0.25) is 19.8 Å². The Hall–Kier alpha value is -3.17. The van der Waals surface area contributed by atoms with Crippen LogP contribution in [-0.4, -0.2) is 51.9 Å². The van der Waals surface area contributed by atoms with Crippen molar-refractivity contribution in [2.24, 2.45) is 5.92 Å². The summed E-state index contributed by atoms with van der Waals surface area (Å²) in [5.41, 5.74) is 0.483. The molecule has 0 radical (unpaired) electrons. The number of nitro groups is 1. The minimum Gasteiger partial charge on any atom is -0.330 e. The molecule has 0 spiro atoms. The van der Waals surface area contributed by atoms with E-state index in [1.165, 1.54) is 29.2 Å².